The molecular weight excluding hydrogens is 343 g/mol. The number of carbonyl (C=O) groups is 1. The minimum atomic E-state index is -0.274. The maximum atomic E-state index is 13.3. The lowest BCUT2D eigenvalue weighted by Gasteiger charge is -2.17. The van der Waals surface area contributed by atoms with E-state index in [1.807, 2.05) is 38.1 Å². The summed E-state index contributed by atoms with van der Waals surface area (Å²) in [5, 5.41) is 4.59. The van der Waals surface area contributed by atoms with Gasteiger partial charge in [0.05, 0.1) is 12.2 Å². The van der Waals surface area contributed by atoms with Gasteiger partial charge in [0.2, 0.25) is 5.91 Å². The molecule has 6 heteroatoms. The van der Waals surface area contributed by atoms with Gasteiger partial charge in [-0.1, -0.05) is 13.8 Å². The van der Waals surface area contributed by atoms with Gasteiger partial charge in [0, 0.05) is 48.6 Å². The fourth-order valence-corrected chi connectivity index (χ4v) is 3.56. The molecule has 4 rings (SSSR count). The molecule has 1 aliphatic rings. The molecule has 2 aromatic heterocycles. The highest BCUT2D eigenvalue weighted by Gasteiger charge is 2.29. The summed E-state index contributed by atoms with van der Waals surface area (Å²) in [5.74, 6) is -0.191. The lowest BCUT2D eigenvalue weighted by Crippen LogP contribution is -2.29. The number of amides is 1. The maximum absolute atomic E-state index is 13.3. The Morgan fingerprint density at radius 3 is 2.56 bits per heavy atom. The van der Waals surface area contributed by atoms with Crippen LogP contribution >= 0.6 is 0 Å². The molecule has 1 amide bonds. The summed E-state index contributed by atoms with van der Waals surface area (Å²) >= 11 is 0. The van der Waals surface area contributed by atoms with E-state index in [0.717, 1.165) is 33.6 Å². The van der Waals surface area contributed by atoms with Crippen LogP contribution in [0.1, 0.15) is 25.1 Å². The van der Waals surface area contributed by atoms with E-state index in [4.69, 9.17) is 0 Å². The summed E-state index contributed by atoms with van der Waals surface area (Å²) in [6, 6.07) is 8.31. The average Bonchev–Trinajstić information content (AvgIpc) is 3.25. The number of hydrogen-bond donors (Lipinski definition) is 0. The van der Waals surface area contributed by atoms with Crippen LogP contribution < -0.4 is 0 Å². The van der Waals surface area contributed by atoms with Crippen molar-refractivity contribution in [2.45, 2.75) is 26.9 Å². The molecule has 5 nitrogen and oxygen atoms in total. The quantitative estimate of drug-likeness (QED) is 0.711. The van der Waals surface area contributed by atoms with Crippen molar-refractivity contribution in [3.63, 3.8) is 0 Å². The lowest BCUT2D eigenvalue weighted by molar-refractivity contribution is -0.135. The number of halogens is 1. The highest BCUT2D eigenvalue weighted by Crippen LogP contribution is 2.37. The second-order valence-electron chi connectivity index (χ2n) is 7.20. The van der Waals surface area contributed by atoms with E-state index in [2.05, 4.69) is 10.1 Å². The highest BCUT2D eigenvalue weighted by molar-refractivity contribution is 5.84. The van der Waals surface area contributed by atoms with E-state index in [1.54, 1.807) is 23.0 Å². The molecule has 1 aromatic carbocycles. The molecule has 3 heterocycles. The molecule has 0 radical (unpaired) electrons. The van der Waals surface area contributed by atoms with E-state index >= 15 is 0 Å². The zero-order valence-corrected chi connectivity index (χ0v) is 15.6. The number of pyridine rings is 1. The Balaban J connectivity index is 1.78. The van der Waals surface area contributed by atoms with Crippen LogP contribution in [0.25, 0.3) is 22.4 Å². The molecule has 0 saturated heterocycles. The summed E-state index contributed by atoms with van der Waals surface area (Å²) in [5.41, 5.74) is 5.61. The van der Waals surface area contributed by atoms with Crippen molar-refractivity contribution in [3.05, 3.63) is 59.8 Å². The average molecular weight is 364 g/mol. The van der Waals surface area contributed by atoms with Gasteiger partial charge in [-0.3, -0.25) is 14.5 Å². The zero-order chi connectivity index (χ0) is 19.1. The number of rotatable bonds is 3. The molecule has 0 bridgehead atoms. The monoisotopic (exact) mass is 364 g/mol. The highest BCUT2D eigenvalue weighted by atomic mass is 19.1. The van der Waals surface area contributed by atoms with Gasteiger partial charge in [-0.25, -0.2) is 4.39 Å². The van der Waals surface area contributed by atoms with Gasteiger partial charge in [-0.15, -0.1) is 0 Å². The van der Waals surface area contributed by atoms with Crippen LogP contribution in [-0.2, 0) is 24.9 Å². The SMILES string of the molecule is CC(C)C(=O)N1Cc2nccc(-c3cn(C)nc3-c3ccc(F)cc3)c2C1. The van der Waals surface area contributed by atoms with Crippen molar-refractivity contribution in [2.75, 3.05) is 0 Å². The Labute approximate surface area is 157 Å². The molecule has 0 spiro atoms. The Morgan fingerprint density at radius 2 is 1.85 bits per heavy atom. The van der Waals surface area contributed by atoms with Crippen LogP contribution in [0.15, 0.2) is 42.7 Å². The molecule has 0 aliphatic carbocycles. The lowest BCUT2D eigenvalue weighted by atomic mass is 9.98. The number of benzene rings is 1. The summed E-state index contributed by atoms with van der Waals surface area (Å²) in [7, 11) is 1.87. The number of hydrogen-bond acceptors (Lipinski definition) is 3. The number of aryl methyl sites for hydroxylation is 1. The van der Waals surface area contributed by atoms with Gasteiger partial charge in [-0.05, 0) is 35.9 Å². The third-order valence-electron chi connectivity index (χ3n) is 4.88. The molecular formula is C21H21FN4O. The van der Waals surface area contributed by atoms with Crippen LogP contribution in [0.4, 0.5) is 4.39 Å². The van der Waals surface area contributed by atoms with Crippen LogP contribution in [0.3, 0.4) is 0 Å². The van der Waals surface area contributed by atoms with Crippen LogP contribution in [0.5, 0.6) is 0 Å². The van der Waals surface area contributed by atoms with Gasteiger partial charge >= 0.3 is 0 Å². The minimum Gasteiger partial charge on any atom is -0.332 e. The summed E-state index contributed by atoms with van der Waals surface area (Å²) in [4.78, 5) is 18.8. The first-order chi connectivity index (χ1) is 12.9. The van der Waals surface area contributed by atoms with Crippen LogP contribution in [0.2, 0.25) is 0 Å². The van der Waals surface area contributed by atoms with Crippen molar-refractivity contribution >= 4 is 5.91 Å². The Kier molecular flexibility index (Phi) is 4.26. The minimum absolute atomic E-state index is 0.0454. The first-order valence-corrected chi connectivity index (χ1v) is 8.99. The summed E-state index contributed by atoms with van der Waals surface area (Å²) in [6.45, 7) is 4.90. The fourth-order valence-electron chi connectivity index (χ4n) is 3.56. The molecule has 0 atom stereocenters. The molecule has 1 aliphatic heterocycles. The molecule has 0 unspecified atom stereocenters. The van der Waals surface area contributed by atoms with Gasteiger partial charge < -0.3 is 4.90 Å². The van der Waals surface area contributed by atoms with Crippen molar-refractivity contribution in [2.24, 2.45) is 13.0 Å². The molecule has 0 N–H and O–H groups in total. The van der Waals surface area contributed by atoms with Gasteiger partial charge in [0.25, 0.3) is 0 Å². The first kappa shape index (κ1) is 17.4. The van der Waals surface area contributed by atoms with E-state index in [-0.39, 0.29) is 17.6 Å². The second-order valence-corrected chi connectivity index (χ2v) is 7.20. The standard InChI is InChI=1S/C21H21FN4O/c1-13(2)21(27)26-11-17-16(8-9-23-19(17)12-26)18-10-25(3)24-20(18)14-4-6-15(22)7-5-14/h4-10,13H,11-12H2,1-3H3. The number of carbonyl (C=O) groups excluding carboxylic acids is 1. The van der Waals surface area contributed by atoms with E-state index < -0.39 is 0 Å². The van der Waals surface area contributed by atoms with Crippen molar-refractivity contribution < 1.29 is 9.18 Å². The normalized spacial score (nSPS) is 13.3. The predicted octanol–water partition coefficient (Wildman–Crippen LogP) is 3.79. The third kappa shape index (κ3) is 3.12. The molecule has 3 aromatic rings. The van der Waals surface area contributed by atoms with E-state index in [9.17, 15) is 9.18 Å². The summed E-state index contributed by atoms with van der Waals surface area (Å²) < 4.78 is 15.1. The van der Waals surface area contributed by atoms with Crippen LogP contribution in [0, 0.1) is 11.7 Å². The van der Waals surface area contributed by atoms with Crippen molar-refractivity contribution in [3.8, 4) is 22.4 Å². The van der Waals surface area contributed by atoms with Crippen molar-refractivity contribution in [1.82, 2.24) is 19.7 Å². The Morgan fingerprint density at radius 1 is 1.11 bits per heavy atom. The summed E-state index contributed by atoms with van der Waals surface area (Å²) in [6.07, 6.45) is 3.74. The topological polar surface area (TPSA) is 51.0 Å². The molecule has 0 saturated carbocycles. The van der Waals surface area contributed by atoms with Gasteiger partial charge in [0.1, 0.15) is 11.5 Å². The third-order valence-corrected chi connectivity index (χ3v) is 4.88. The van der Waals surface area contributed by atoms with Gasteiger partial charge in [0.15, 0.2) is 0 Å². The largest absolute Gasteiger partial charge is 0.332 e. The van der Waals surface area contributed by atoms with E-state index in [0.29, 0.717) is 13.1 Å². The Hall–Kier alpha value is -3.02. The first-order valence-electron chi connectivity index (χ1n) is 8.99. The smallest absolute Gasteiger partial charge is 0.225 e. The molecule has 27 heavy (non-hydrogen) atoms. The number of nitrogens with zero attached hydrogens (tertiary/aromatic N) is 4. The van der Waals surface area contributed by atoms with Gasteiger partial charge in [-0.2, -0.15) is 5.10 Å². The zero-order valence-electron chi connectivity index (χ0n) is 15.6. The predicted molar refractivity (Wildman–Crippen MR) is 101 cm³/mol. The number of fused-ring (bicyclic) bond motifs is 1. The molecule has 138 valence electrons. The maximum Gasteiger partial charge on any atom is 0.225 e. The number of aromatic nitrogens is 3. The van der Waals surface area contributed by atoms with E-state index in [1.165, 1.54) is 12.1 Å². The molecule has 0 fully saturated rings. The van der Waals surface area contributed by atoms with Crippen LogP contribution in [-0.4, -0.2) is 25.6 Å². The van der Waals surface area contributed by atoms with Crippen molar-refractivity contribution in [1.29, 1.82) is 0 Å². The Bertz CT molecular complexity index is 1010. The fraction of sp³-hybridized carbons (Fsp3) is 0.286. The second kappa shape index (κ2) is 6.61.